The van der Waals surface area contributed by atoms with Crippen molar-refractivity contribution in [3.05, 3.63) is 11.6 Å². The number of nitrogens with one attached hydrogen (secondary N) is 1. The molecule has 0 radical (unpaired) electrons. The predicted octanol–water partition coefficient (Wildman–Crippen LogP) is 4.54. The molecule has 1 rings (SSSR count). The molecular weight excluding hydrogens is 206 g/mol. The number of hydrogen-bond donors (Lipinski definition) is 1. The Morgan fingerprint density at radius 1 is 1.24 bits per heavy atom. The lowest BCUT2D eigenvalue weighted by molar-refractivity contribution is 0.255. The lowest BCUT2D eigenvalue weighted by Crippen LogP contribution is -2.46. The van der Waals surface area contributed by atoms with Crippen LogP contribution in [-0.4, -0.2) is 12.1 Å². The van der Waals surface area contributed by atoms with Crippen molar-refractivity contribution in [1.29, 1.82) is 0 Å². The van der Waals surface area contributed by atoms with E-state index in [9.17, 15) is 0 Å². The van der Waals surface area contributed by atoms with Crippen LogP contribution in [0.2, 0.25) is 0 Å². The van der Waals surface area contributed by atoms with Gasteiger partial charge in [-0.3, -0.25) is 0 Å². The first-order valence-electron chi connectivity index (χ1n) is 7.47. The van der Waals surface area contributed by atoms with E-state index in [-0.39, 0.29) is 0 Å². The van der Waals surface area contributed by atoms with Crippen LogP contribution in [0.25, 0.3) is 0 Å². The summed E-state index contributed by atoms with van der Waals surface area (Å²) in [5.74, 6) is 1.62. The van der Waals surface area contributed by atoms with Crippen LogP contribution in [0.3, 0.4) is 0 Å². The normalized spacial score (nSPS) is 25.8. The average Bonchev–Trinajstić information content (AvgIpc) is 2.30. The zero-order valence-electron chi connectivity index (χ0n) is 12.5. The highest BCUT2D eigenvalue weighted by atomic mass is 15.0. The Bertz CT molecular complexity index is 242. The smallest absolute Gasteiger partial charge is 0.0173 e. The fourth-order valence-corrected chi connectivity index (χ4v) is 3.33. The van der Waals surface area contributed by atoms with Gasteiger partial charge >= 0.3 is 0 Å². The van der Waals surface area contributed by atoms with Gasteiger partial charge in [0, 0.05) is 5.54 Å². The van der Waals surface area contributed by atoms with E-state index in [1.54, 1.807) is 5.57 Å². The molecule has 0 saturated heterocycles. The van der Waals surface area contributed by atoms with Crippen molar-refractivity contribution in [2.75, 3.05) is 6.54 Å². The zero-order valence-corrected chi connectivity index (χ0v) is 12.5. The number of hydrogen-bond acceptors (Lipinski definition) is 1. The summed E-state index contributed by atoms with van der Waals surface area (Å²) in [7, 11) is 0. The minimum atomic E-state index is 0.387. The summed E-state index contributed by atoms with van der Waals surface area (Å²) in [5, 5.41) is 3.87. The minimum Gasteiger partial charge on any atom is -0.311 e. The monoisotopic (exact) mass is 237 g/mol. The van der Waals surface area contributed by atoms with Crippen molar-refractivity contribution in [2.45, 2.75) is 72.3 Å². The Hall–Kier alpha value is -0.300. The molecule has 0 aromatic heterocycles. The van der Waals surface area contributed by atoms with Crippen molar-refractivity contribution in [3.8, 4) is 0 Å². The molecule has 0 saturated carbocycles. The SMILES string of the molecule is CCC(CC)(CC)NCC1CC(C)=CC(C)C1. The lowest BCUT2D eigenvalue weighted by atomic mass is 9.82. The maximum atomic E-state index is 3.87. The minimum absolute atomic E-state index is 0.387. The van der Waals surface area contributed by atoms with Crippen LogP contribution in [0.15, 0.2) is 11.6 Å². The molecule has 0 fully saturated rings. The van der Waals surface area contributed by atoms with Gasteiger partial charge in [0.1, 0.15) is 0 Å². The Labute approximate surface area is 108 Å². The van der Waals surface area contributed by atoms with Gasteiger partial charge in [-0.15, -0.1) is 0 Å². The van der Waals surface area contributed by atoms with E-state index >= 15 is 0 Å². The molecule has 2 unspecified atom stereocenters. The molecule has 0 aliphatic heterocycles. The maximum Gasteiger partial charge on any atom is 0.0173 e. The first kappa shape index (κ1) is 14.8. The van der Waals surface area contributed by atoms with Crippen molar-refractivity contribution >= 4 is 0 Å². The fourth-order valence-electron chi connectivity index (χ4n) is 3.33. The Kier molecular flexibility index (Phi) is 5.72. The van der Waals surface area contributed by atoms with E-state index < -0.39 is 0 Å². The predicted molar refractivity (Wildman–Crippen MR) is 77.3 cm³/mol. The molecule has 0 aromatic carbocycles. The van der Waals surface area contributed by atoms with Gasteiger partial charge in [0.05, 0.1) is 0 Å². The van der Waals surface area contributed by atoms with E-state index in [0.717, 1.165) is 11.8 Å². The summed E-state index contributed by atoms with van der Waals surface area (Å²) >= 11 is 0. The van der Waals surface area contributed by atoms with Gasteiger partial charge in [-0.1, -0.05) is 39.3 Å². The zero-order chi connectivity index (χ0) is 12.9. The Morgan fingerprint density at radius 2 is 1.82 bits per heavy atom. The Balaban J connectivity index is 2.48. The van der Waals surface area contributed by atoms with Gasteiger partial charge in [-0.2, -0.15) is 0 Å². The second kappa shape index (κ2) is 6.58. The van der Waals surface area contributed by atoms with Gasteiger partial charge < -0.3 is 5.32 Å². The molecule has 1 nitrogen and oxygen atoms in total. The van der Waals surface area contributed by atoms with Crippen LogP contribution in [0, 0.1) is 11.8 Å². The highest BCUT2D eigenvalue weighted by Gasteiger charge is 2.25. The number of rotatable bonds is 6. The average molecular weight is 237 g/mol. The van der Waals surface area contributed by atoms with Gasteiger partial charge in [0.15, 0.2) is 0 Å². The van der Waals surface area contributed by atoms with Crippen molar-refractivity contribution in [3.63, 3.8) is 0 Å². The molecule has 1 aliphatic carbocycles. The first-order valence-corrected chi connectivity index (χ1v) is 7.47. The lowest BCUT2D eigenvalue weighted by Gasteiger charge is -2.35. The van der Waals surface area contributed by atoms with Gasteiger partial charge in [-0.05, 0) is 57.4 Å². The van der Waals surface area contributed by atoms with Crippen LogP contribution >= 0.6 is 0 Å². The fraction of sp³-hybridized carbons (Fsp3) is 0.875. The van der Waals surface area contributed by atoms with Gasteiger partial charge in [-0.25, -0.2) is 0 Å². The van der Waals surface area contributed by atoms with E-state index in [1.165, 1.54) is 38.6 Å². The van der Waals surface area contributed by atoms with E-state index in [1.807, 2.05) is 0 Å². The van der Waals surface area contributed by atoms with Gasteiger partial charge in [0.2, 0.25) is 0 Å². The van der Waals surface area contributed by atoms with Gasteiger partial charge in [0.25, 0.3) is 0 Å². The van der Waals surface area contributed by atoms with Crippen LogP contribution in [0.5, 0.6) is 0 Å². The topological polar surface area (TPSA) is 12.0 Å². The highest BCUT2D eigenvalue weighted by Crippen LogP contribution is 2.28. The molecule has 2 atom stereocenters. The molecule has 0 spiro atoms. The van der Waals surface area contributed by atoms with Crippen LogP contribution in [0.4, 0.5) is 0 Å². The maximum absolute atomic E-state index is 3.87. The molecule has 0 amide bonds. The largest absolute Gasteiger partial charge is 0.311 e. The van der Waals surface area contributed by atoms with Crippen LogP contribution in [-0.2, 0) is 0 Å². The van der Waals surface area contributed by atoms with E-state index in [4.69, 9.17) is 0 Å². The summed E-state index contributed by atoms with van der Waals surface area (Å²) in [6, 6.07) is 0. The molecule has 100 valence electrons. The Morgan fingerprint density at radius 3 is 2.29 bits per heavy atom. The first-order chi connectivity index (χ1) is 8.05. The van der Waals surface area contributed by atoms with Crippen molar-refractivity contribution in [2.24, 2.45) is 11.8 Å². The standard InChI is InChI=1S/C16H31N/c1-6-16(7-2,8-3)17-12-15-10-13(4)9-14(5)11-15/h9,13,15,17H,6-8,10-12H2,1-5H3. The van der Waals surface area contributed by atoms with Crippen molar-refractivity contribution in [1.82, 2.24) is 5.32 Å². The van der Waals surface area contributed by atoms with Crippen LogP contribution < -0.4 is 5.32 Å². The third kappa shape index (κ3) is 4.13. The third-order valence-electron chi connectivity index (χ3n) is 4.68. The third-order valence-corrected chi connectivity index (χ3v) is 4.68. The van der Waals surface area contributed by atoms with E-state index in [0.29, 0.717) is 5.54 Å². The summed E-state index contributed by atoms with van der Waals surface area (Å²) < 4.78 is 0. The summed E-state index contributed by atoms with van der Waals surface area (Å²) in [6.07, 6.45) is 8.84. The quantitative estimate of drug-likeness (QED) is 0.669. The highest BCUT2D eigenvalue weighted by molar-refractivity contribution is 5.06. The molecule has 0 heterocycles. The molecule has 1 heteroatoms. The molecule has 17 heavy (non-hydrogen) atoms. The molecular formula is C16H31N. The second-order valence-electron chi connectivity index (χ2n) is 6.02. The molecule has 1 N–H and O–H groups in total. The number of allylic oxidation sites excluding steroid dienone is 2. The van der Waals surface area contributed by atoms with Crippen LogP contribution in [0.1, 0.15) is 66.7 Å². The summed E-state index contributed by atoms with van der Waals surface area (Å²) in [4.78, 5) is 0. The van der Waals surface area contributed by atoms with E-state index in [2.05, 4.69) is 46.0 Å². The summed E-state index contributed by atoms with van der Waals surface area (Å²) in [5.41, 5.74) is 1.98. The molecule has 0 aromatic rings. The summed E-state index contributed by atoms with van der Waals surface area (Å²) in [6.45, 7) is 12.8. The second-order valence-corrected chi connectivity index (χ2v) is 6.02. The molecule has 0 bridgehead atoms. The molecule has 1 aliphatic rings. The van der Waals surface area contributed by atoms with Crippen molar-refractivity contribution < 1.29 is 0 Å².